The molecule has 1 aromatic rings. The van der Waals surface area contributed by atoms with E-state index in [1.54, 1.807) is 13.3 Å². The Kier molecular flexibility index (Phi) is 5.26. The molecule has 1 aromatic carbocycles. The third-order valence-corrected chi connectivity index (χ3v) is 7.75. The molecule has 6 atom stereocenters. The second-order valence-corrected chi connectivity index (χ2v) is 9.58. The maximum absolute atomic E-state index is 12.0. The van der Waals surface area contributed by atoms with E-state index in [4.69, 9.17) is 31.8 Å². The smallest absolute Gasteiger partial charge is 0.223 e. The number of ether oxygens (including phenoxy) is 2. The van der Waals surface area contributed by atoms with Crippen molar-refractivity contribution in [3.05, 3.63) is 46.6 Å². The summed E-state index contributed by atoms with van der Waals surface area (Å²) in [6.07, 6.45) is 5.45. The topological polar surface area (TPSA) is 114 Å². The summed E-state index contributed by atoms with van der Waals surface area (Å²) < 4.78 is 11.2. The van der Waals surface area contributed by atoms with Gasteiger partial charge in [-0.3, -0.25) is 9.79 Å². The lowest BCUT2D eigenvalue weighted by atomic mass is 9.54. The molecule has 0 radical (unpaired) electrons. The van der Waals surface area contributed by atoms with Crippen LogP contribution in [0.15, 0.2) is 51.1 Å². The van der Waals surface area contributed by atoms with Crippen molar-refractivity contribution in [2.45, 2.75) is 18.2 Å². The fourth-order valence-corrected chi connectivity index (χ4v) is 5.75. The maximum atomic E-state index is 12.0. The van der Waals surface area contributed by atoms with Gasteiger partial charge in [0.15, 0.2) is 6.17 Å². The van der Waals surface area contributed by atoms with Gasteiger partial charge in [0.05, 0.1) is 42.5 Å². The molecule has 1 saturated carbocycles. The van der Waals surface area contributed by atoms with Gasteiger partial charge in [-0.25, -0.2) is 4.99 Å². The predicted molar refractivity (Wildman–Crippen MR) is 130 cm³/mol. The number of carbonyl (C=O) groups excluding carboxylic acids is 1. The molecule has 0 spiro atoms. The van der Waals surface area contributed by atoms with Crippen LogP contribution in [-0.2, 0) is 9.53 Å². The van der Waals surface area contributed by atoms with Crippen molar-refractivity contribution in [1.29, 1.82) is 0 Å². The number of benzene rings is 1. The third kappa shape index (κ3) is 3.37. The number of aliphatic imine (C=N–C) groups is 2. The van der Waals surface area contributed by atoms with Crippen LogP contribution in [0.25, 0.3) is 0 Å². The summed E-state index contributed by atoms with van der Waals surface area (Å²) in [5.41, 5.74) is 8.41. The zero-order valence-electron chi connectivity index (χ0n) is 18.8. The lowest BCUT2D eigenvalue weighted by Gasteiger charge is -2.54. The van der Waals surface area contributed by atoms with Crippen molar-refractivity contribution in [3.63, 3.8) is 0 Å². The molecule has 3 heterocycles. The van der Waals surface area contributed by atoms with Gasteiger partial charge < -0.3 is 30.7 Å². The number of nitrogens with zero attached hydrogens (tertiary/aromatic N) is 3. The zero-order valence-corrected chi connectivity index (χ0v) is 19.5. The number of primary amides is 1. The standard InChI is InChI=1S/C24H27ClN6O3/c1-33-17-10-12(31-6-8-34-9-7-31)2-3-15(17)23-29-21-20(16(25)11-27-24(21)30-23)28-19-14-5-4-13(14)18(19)22(26)32/h2-5,10-11,13-14,18-19,21,24,28H,6-9H2,1H3,(H2,26,32)(H,29,30)/t13-,14?,18+,19-,21?,24?/m1/s1. The molecule has 3 unspecified atom stereocenters. The van der Waals surface area contributed by atoms with Gasteiger partial charge in [-0.05, 0) is 18.1 Å². The molecule has 5 aliphatic rings. The SMILES string of the molecule is COc1cc(N2CCOCC2)ccc1C1=NC2N=CC(Cl)=C(N[C@@H]3C4C=C[C@H]4[C@@H]3C(N)=O)C2N1. The van der Waals surface area contributed by atoms with Crippen molar-refractivity contribution >= 4 is 35.2 Å². The third-order valence-electron chi connectivity index (χ3n) is 7.44. The summed E-state index contributed by atoms with van der Waals surface area (Å²) in [6, 6.07) is 5.81. The summed E-state index contributed by atoms with van der Waals surface area (Å²) in [5.74, 6) is 1.42. The van der Waals surface area contributed by atoms with E-state index in [-0.39, 0.29) is 36.0 Å². The fourth-order valence-electron chi connectivity index (χ4n) is 5.52. The average Bonchev–Trinajstić information content (AvgIpc) is 3.27. The summed E-state index contributed by atoms with van der Waals surface area (Å²) in [5, 5.41) is 7.51. The maximum Gasteiger partial charge on any atom is 0.223 e. The van der Waals surface area contributed by atoms with Crippen molar-refractivity contribution in [1.82, 2.24) is 10.6 Å². The van der Waals surface area contributed by atoms with Crippen LogP contribution in [0.5, 0.6) is 5.75 Å². The number of hydrogen-bond acceptors (Lipinski definition) is 8. The van der Waals surface area contributed by atoms with Crippen molar-refractivity contribution in [3.8, 4) is 5.75 Å². The van der Waals surface area contributed by atoms with Crippen LogP contribution in [0, 0.1) is 17.8 Å². The molecule has 0 bridgehead atoms. The minimum absolute atomic E-state index is 0.0726. The quantitative estimate of drug-likeness (QED) is 0.521. The Bertz CT molecular complexity index is 1140. The lowest BCUT2D eigenvalue weighted by Crippen LogP contribution is -2.65. The minimum atomic E-state index is -0.358. The highest BCUT2D eigenvalue weighted by Gasteiger charge is 2.55. The molecule has 3 aliphatic heterocycles. The number of rotatable bonds is 6. The number of hydrogen-bond donors (Lipinski definition) is 3. The van der Waals surface area contributed by atoms with E-state index in [1.807, 2.05) is 12.1 Å². The molecule has 9 nitrogen and oxygen atoms in total. The van der Waals surface area contributed by atoms with Gasteiger partial charge in [-0.15, -0.1) is 0 Å². The summed E-state index contributed by atoms with van der Waals surface area (Å²) in [4.78, 5) is 23.6. The monoisotopic (exact) mass is 482 g/mol. The molecule has 0 aromatic heterocycles. The molecule has 178 valence electrons. The largest absolute Gasteiger partial charge is 0.496 e. The number of fused-ring (bicyclic) bond motifs is 2. The Labute approximate surface area is 202 Å². The van der Waals surface area contributed by atoms with E-state index in [0.29, 0.717) is 16.8 Å². The lowest BCUT2D eigenvalue weighted by molar-refractivity contribution is -0.130. The molecule has 1 saturated heterocycles. The predicted octanol–water partition coefficient (Wildman–Crippen LogP) is 0.987. The summed E-state index contributed by atoms with van der Waals surface area (Å²) in [6.45, 7) is 3.14. The minimum Gasteiger partial charge on any atom is -0.496 e. The Balaban J connectivity index is 1.23. The van der Waals surface area contributed by atoms with Crippen molar-refractivity contribution < 1.29 is 14.3 Å². The Morgan fingerprint density at radius 2 is 2.09 bits per heavy atom. The van der Waals surface area contributed by atoms with Gasteiger partial charge in [0.25, 0.3) is 0 Å². The summed E-state index contributed by atoms with van der Waals surface area (Å²) >= 11 is 6.57. The second-order valence-electron chi connectivity index (χ2n) is 9.17. The number of anilines is 1. The Morgan fingerprint density at radius 1 is 1.29 bits per heavy atom. The average molecular weight is 483 g/mol. The highest BCUT2D eigenvalue weighted by atomic mass is 35.5. The molecule has 4 N–H and O–H groups in total. The number of carbonyl (C=O) groups is 1. The van der Waals surface area contributed by atoms with Gasteiger partial charge in [-0.2, -0.15) is 0 Å². The highest BCUT2D eigenvalue weighted by molar-refractivity contribution is 6.40. The van der Waals surface area contributed by atoms with E-state index in [1.165, 1.54) is 0 Å². The normalized spacial score (nSPS) is 33.2. The zero-order chi connectivity index (χ0) is 23.4. The fraction of sp³-hybridized carbons (Fsp3) is 0.458. The number of methoxy groups -OCH3 is 1. The number of halogens is 1. The number of morpholine rings is 1. The number of nitrogens with one attached hydrogen (secondary N) is 2. The Morgan fingerprint density at radius 3 is 2.79 bits per heavy atom. The number of dihydropyridines is 1. The van der Waals surface area contributed by atoms with E-state index in [0.717, 1.165) is 49.0 Å². The Hall–Kier alpha value is -3.04. The molecule has 1 amide bonds. The van der Waals surface area contributed by atoms with Gasteiger partial charge >= 0.3 is 0 Å². The first-order chi connectivity index (χ1) is 16.5. The van der Waals surface area contributed by atoms with Crippen LogP contribution in [0.1, 0.15) is 5.56 Å². The van der Waals surface area contributed by atoms with Gasteiger partial charge in [0.1, 0.15) is 17.6 Å². The summed E-state index contributed by atoms with van der Waals surface area (Å²) in [7, 11) is 1.66. The van der Waals surface area contributed by atoms with Crippen molar-refractivity contribution in [2.24, 2.45) is 33.5 Å². The first-order valence-corrected chi connectivity index (χ1v) is 12.0. The molecular formula is C24H27ClN6O3. The van der Waals surface area contributed by atoms with E-state index in [9.17, 15) is 4.79 Å². The highest BCUT2D eigenvalue weighted by Crippen LogP contribution is 2.49. The number of allylic oxidation sites excluding steroid dienone is 2. The van der Waals surface area contributed by atoms with Crippen LogP contribution >= 0.6 is 11.6 Å². The second kappa shape index (κ2) is 8.32. The van der Waals surface area contributed by atoms with Crippen LogP contribution in [0.4, 0.5) is 5.69 Å². The van der Waals surface area contributed by atoms with Gasteiger partial charge in [0, 0.05) is 43.0 Å². The first kappa shape index (κ1) is 21.5. The van der Waals surface area contributed by atoms with E-state index >= 15 is 0 Å². The number of amides is 1. The first-order valence-electron chi connectivity index (χ1n) is 11.6. The van der Waals surface area contributed by atoms with Crippen LogP contribution in [-0.4, -0.2) is 69.6 Å². The molecule has 34 heavy (non-hydrogen) atoms. The van der Waals surface area contributed by atoms with E-state index < -0.39 is 0 Å². The molecule has 2 aliphatic carbocycles. The number of amidine groups is 1. The molecule has 2 fully saturated rings. The van der Waals surface area contributed by atoms with Gasteiger partial charge in [0.2, 0.25) is 5.91 Å². The molecule has 10 heteroatoms. The van der Waals surface area contributed by atoms with Crippen LogP contribution < -0.4 is 26.0 Å². The van der Waals surface area contributed by atoms with Gasteiger partial charge in [-0.1, -0.05) is 23.8 Å². The molecule has 6 rings (SSSR count). The van der Waals surface area contributed by atoms with Crippen LogP contribution in [0.2, 0.25) is 0 Å². The van der Waals surface area contributed by atoms with Crippen molar-refractivity contribution in [2.75, 3.05) is 38.3 Å². The number of nitrogens with two attached hydrogens (primary N) is 1. The van der Waals surface area contributed by atoms with Crippen LogP contribution in [0.3, 0.4) is 0 Å². The van der Waals surface area contributed by atoms with E-state index in [2.05, 4.69) is 38.7 Å². The molecular weight excluding hydrogens is 456 g/mol.